The first-order chi connectivity index (χ1) is 13.2. The summed E-state index contributed by atoms with van der Waals surface area (Å²) in [5.74, 6) is 1.74. The van der Waals surface area contributed by atoms with Gasteiger partial charge >= 0.3 is 0 Å². The molecule has 3 aromatic carbocycles. The van der Waals surface area contributed by atoms with Gasteiger partial charge in [-0.25, -0.2) is 0 Å². The lowest BCUT2D eigenvalue weighted by Gasteiger charge is -2.18. The van der Waals surface area contributed by atoms with E-state index < -0.39 is 0 Å². The summed E-state index contributed by atoms with van der Waals surface area (Å²) in [6.45, 7) is -0.146. The molecule has 1 heterocycles. The van der Waals surface area contributed by atoms with E-state index in [-0.39, 0.29) is 19.3 Å². The Balaban J connectivity index is 2.11. The van der Waals surface area contributed by atoms with Crippen LogP contribution in [0.15, 0.2) is 42.5 Å². The smallest absolute Gasteiger partial charge is 0.251 e. The fourth-order valence-corrected chi connectivity index (χ4v) is 3.47. The number of carbonyl (C=O) groups excluding carboxylic acids is 1. The van der Waals surface area contributed by atoms with Crippen molar-refractivity contribution in [3.8, 4) is 28.4 Å². The summed E-state index contributed by atoms with van der Waals surface area (Å²) >= 11 is 0. The average molecular weight is 365 g/mol. The molecule has 6 heteroatoms. The highest BCUT2D eigenvalue weighted by Gasteiger charge is 2.25. The number of benzene rings is 3. The second kappa shape index (κ2) is 6.81. The van der Waals surface area contributed by atoms with Crippen molar-refractivity contribution in [2.75, 3.05) is 21.0 Å². The quantitative estimate of drug-likeness (QED) is 0.743. The lowest BCUT2D eigenvalue weighted by atomic mass is 9.89. The van der Waals surface area contributed by atoms with Crippen LogP contribution in [0.1, 0.15) is 15.9 Å². The molecule has 4 rings (SSSR count). The van der Waals surface area contributed by atoms with Gasteiger partial charge in [-0.05, 0) is 46.3 Å². The Morgan fingerprint density at radius 1 is 1.19 bits per heavy atom. The number of methoxy groups -OCH3 is 1. The van der Waals surface area contributed by atoms with E-state index in [4.69, 9.17) is 14.2 Å². The molecule has 0 bridgehead atoms. The molecule has 1 aliphatic rings. The molecule has 27 heavy (non-hydrogen) atoms. The second-order valence-corrected chi connectivity index (χ2v) is 6.14. The highest BCUT2D eigenvalue weighted by atomic mass is 16.7. The van der Waals surface area contributed by atoms with Crippen LogP contribution in [0.3, 0.4) is 0 Å². The number of rotatable bonds is 4. The Morgan fingerprint density at radius 2 is 1.96 bits per heavy atom. The number of amides is 1. The molecular formula is C21H19NO5. The largest absolute Gasteiger partial charge is 0.497 e. The van der Waals surface area contributed by atoms with E-state index in [1.54, 1.807) is 20.2 Å². The van der Waals surface area contributed by atoms with Gasteiger partial charge in [-0.1, -0.05) is 18.2 Å². The maximum absolute atomic E-state index is 12.5. The van der Waals surface area contributed by atoms with E-state index in [1.165, 1.54) is 0 Å². The van der Waals surface area contributed by atoms with E-state index in [9.17, 15) is 9.90 Å². The zero-order valence-electron chi connectivity index (χ0n) is 15.0. The Bertz CT molecular complexity index is 1030. The maximum Gasteiger partial charge on any atom is 0.251 e. The first-order valence-corrected chi connectivity index (χ1v) is 8.53. The van der Waals surface area contributed by atoms with Gasteiger partial charge in [0.2, 0.25) is 6.79 Å². The van der Waals surface area contributed by atoms with Gasteiger partial charge in [0, 0.05) is 18.0 Å². The van der Waals surface area contributed by atoms with E-state index in [0.717, 1.165) is 27.6 Å². The summed E-state index contributed by atoms with van der Waals surface area (Å²) in [7, 11) is 3.17. The second-order valence-electron chi connectivity index (χ2n) is 6.14. The number of hydrogen-bond donors (Lipinski definition) is 2. The number of aliphatic hydroxyl groups is 1. The van der Waals surface area contributed by atoms with Crippen LogP contribution >= 0.6 is 0 Å². The van der Waals surface area contributed by atoms with Crippen molar-refractivity contribution in [3.05, 3.63) is 53.6 Å². The molecule has 0 fully saturated rings. The van der Waals surface area contributed by atoms with Crippen LogP contribution in [0.4, 0.5) is 0 Å². The molecule has 0 aromatic heterocycles. The Kier molecular flexibility index (Phi) is 4.33. The molecule has 6 nitrogen and oxygen atoms in total. The van der Waals surface area contributed by atoms with E-state index in [0.29, 0.717) is 22.6 Å². The van der Waals surface area contributed by atoms with Gasteiger partial charge in [0.05, 0.1) is 13.7 Å². The zero-order chi connectivity index (χ0) is 19.0. The number of fused-ring (bicyclic) bond motifs is 3. The van der Waals surface area contributed by atoms with E-state index >= 15 is 0 Å². The Labute approximate surface area is 156 Å². The van der Waals surface area contributed by atoms with Crippen molar-refractivity contribution in [1.29, 1.82) is 0 Å². The molecule has 0 saturated carbocycles. The summed E-state index contributed by atoms with van der Waals surface area (Å²) in [4.78, 5) is 12.5. The van der Waals surface area contributed by atoms with E-state index in [2.05, 4.69) is 5.32 Å². The summed E-state index contributed by atoms with van der Waals surface area (Å²) < 4.78 is 16.5. The number of aliphatic hydroxyl groups excluding tert-OH is 1. The van der Waals surface area contributed by atoms with Gasteiger partial charge in [0.1, 0.15) is 5.75 Å². The summed E-state index contributed by atoms with van der Waals surface area (Å²) in [5.41, 5.74) is 2.56. The first kappa shape index (κ1) is 17.2. The minimum Gasteiger partial charge on any atom is -0.497 e. The van der Waals surface area contributed by atoms with Crippen molar-refractivity contribution >= 4 is 16.7 Å². The van der Waals surface area contributed by atoms with Crippen LogP contribution < -0.4 is 19.5 Å². The van der Waals surface area contributed by atoms with Crippen molar-refractivity contribution in [3.63, 3.8) is 0 Å². The minimum absolute atomic E-state index is 0.141. The van der Waals surface area contributed by atoms with Crippen molar-refractivity contribution in [2.45, 2.75) is 6.61 Å². The Morgan fingerprint density at radius 3 is 2.63 bits per heavy atom. The molecule has 3 aromatic rings. The third-order valence-electron chi connectivity index (χ3n) is 4.76. The third kappa shape index (κ3) is 2.74. The predicted octanol–water partition coefficient (Wildman–Crippen LogP) is 3.10. The fraction of sp³-hybridized carbons (Fsp3) is 0.190. The topological polar surface area (TPSA) is 77.0 Å². The molecule has 0 atom stereocenters. The maximum atomic E-state index is 12.5. The van der Waals surface area contributed by atoms with Crippen LogP contribution in [0, 0.1) is 0 Å². The molecule has 0 saturated heterocycles. The highest BCUT2D eigenvalue weighted by molar-refractivity contribution is 6.10. The van der Waals surface area contributed by atoms with Crippen molar-refractivity contribution < 1.29 is 24.1 Å². The monoisotopic (exact) mass is 365 g/mol. The zero-order valence-corrected chi connectivity index (χ0v) is 15.0. The molecule has 0 spiro atoms. The summed E-state index contributed by atoms with van der Waals surface area (Å²) in [6.07, 6.45) is 0. The SMILES string of the molecule is CNC(=O)c1cc2ccc3c(c2c(-c2ccc(OC)cc2)c1CO)OCO3. The standard InChI is InChI=1S/C21H19NO5/c1-22-21(24)15-9-13-5-8-17-20(27-11-26-17)19(13)18(16(15)10-23)12-3-6-14(25-2)7-4-12/h3-9,23H,10-11H2,1-2H3,(H,22,24). The molecule has 0 unspecified atom stereocenters. The number of ether oxygens (including phenoxy) is 3. The number of hydrogen-bond acceptors (Lipinski definition) is 5. The molecule has 0 aliphatic carbocycles. The third-order valence-corrected chi connectivity index (χ3v) is 4.76. The van der Waals surface area contributed by atoms with Crippen LogP contribution in [-0.4, -0.2) is 32.0 Å². The molecule has 1 amide bonds. The number of nitrogens with one attached hydrogen (secondary N) is 1. The van der Waals surface area contributed by atoms with Crippen LogP contribution in [0.2, 0.25) is 0 Å². The van der Waals surface area contributed by atoms with Gasteiger partial charge < -0.3 is 24.6 Å². The lowest BCUT2D eigenvalue weighted by Crippen LogP contribution is -2.20. The van der Waals surface area contributed by atoms with Gasteiger partial charge in [0.25, 0.3) is 5.91 Å². The Hall–Kier alpha value is -3.25. The predicted molar refractivity (Wildman–Crippen MR) is 101 cm³/mol. The fourth-order valence-electron chi connectivity index (χ4n) is 3.47. The first-order valence-electron chi connectivity index (χ1n) is 8.53. The van der Waals surface area contributed by atoms with Gasteiger partial charge in [-0.2, -0.15) is 0 Å². The van der Waals surface area contributed by atoms with Crippen LogP contribution in [0.25, 0.3) is 21.9 Å². The molecule has 0 radical (unpaired) electrons. The molecule has 2 N–H and O–H groups in total. The minimum atomic E-state index is -0.287. The normalized spacial score (nSPS) is 12.3. The summed E-state index contributed by atoms with van der Waals surface area (Å²) in [6, 6.07) is 13.0. The molecule has 1 aliphatic heterocycles. The van der Waals surface area contributed by atoms with Crippen LogP contribution in [-0.2, 0) is 6.61 Å². The van der Waals surface area contributed by atoms with Crippen molar-refractivity contribution in [2.24, 2.45) is 0 Å². The molecular weight excluding hydrogens is 346 g/mol. The van der Waals surface area contributed by atoms with Crippen molar-refractivity contribution in [1.82, 2.24) is 5.32 Å². The lowest BCUT2D eigenvalue weighted by molar-refractivity contribution is 0.0960. The van der Waals surface area contributed by atoms with Crippen LogP contribution in [0.5, 0.6) is 17.2 Å². The van der Waals surface area contributed by atoms with Gasteiger partial charge in [-0.15, -0.1) is 0 Å². The number of carbonyl (C=O) groups is 1. The highest BCUT2D eigenvalue weighted by Crippen LogP contribution is 2.46. The average Bonchev–Trinajstić information content (AvgIpc) is 3.20. The summed E-state index contributed by atoms with van der Waals surface area (Å²) in [5, 5.41) is 14.4. The van der Waals surface area contributed by atoms with Gasteiger partial charge in [0.15, 0.2) is 11.5 Å². The molecule has 138 valence electrons. The van der Waals surface area contributed by atoms with E-state index in [1.807, 2.05) is 36.4 Å². The van der Waals surface area contributed by atoms with Gasteiger partial charge in [-0.3, -0.25) is 4.79 Å².